The van der Waals surface area contributed by atoms with Crippen LogP contribution < -0.4 is 11.1 Å². The highest BCUT2D eigenvalue weighted by Gasteiger charge is 2.64. The van der Waals surface area contributed by atoms with E-state index in [0.717, 1.165) is 0 Å². The maximum atomic E-state index is 12.6. The van der Waals surface area contributed by atoms with Gasteiger partial charge in [-0.2, -0.15) is 13.2 Å². The molecule has 1 atom stereocenters. The summed E-state index contributed by atoms with van der Waals surface area (Å²) in [4.78, 5) is 11.6. The maximum Gasteiger partial charge on any atom is 0.411 e. The van der Waals surface area contributed by atoms with Gasteiger partial charge in [0.05, 0.1) is 5.92 Å². The van der Waals surface area contributed by atoms with Crippen molar-refractivity contribution in [1.29, 1.82) is 0 Å². The summed E-state index contributed by atoms with van der Waals surface area (Å²) in [5, 5.41) is 13.0. The molecule has 8 heteroatoms. The van der Waals surface area contributed by atoms with Gasteiger partial charge in [0.15, 0.2) is 5.84 Å². The molecule has 0 aromatic rings. The fourth-order valence-electron chi connectivity index (χ4n) is 1.53. The molecule has 4 N–H and O–H groups in total. The lowest BCUT2D eigenvalue weighted by molar-refractivity contribution is -0.171. The molecule has 1 rings (SSSR count). The lowest BCUT2D eigenvalue weighted by atomic mass is 10.0. The van der Waals surface area contributed by atoms with E-state index < -0.39 is 23.5 Å². The third-order valence-electron chi connectivity index (χ3n) is 2.85. The lowest BCUT2D eigenvalue weighted by Crippen LogP contribution is -2.51. The molecule has 1 saturated carbocycles. The Kier molecular flexibility index (Phi) is 3.53. The summed E-state index contributed by atoms with van der Waals surface area (Å²) in [6.07, 6.45) is -4.56. The molecule has 0 aromatic carbocycles. The molecule has 0 saturated heterocycles. The van der Waals surface area contributed by atoms with E-state index in [0.29, 0.717) is 0 Å². The molecule has 0 heterocycles. The van der Waals surface area contributed by atoms with Gasteiger partial charge < -0.3 is 16.3 Å². The van der Waals surface area contributed by atoms with Crippen molar-refractivity contribution in [3.8, 4) is 0 Å². The monoisotopic (exact) mass is 253 g/mol. The van der Waals surface area contributed by atoms with E-state index in [4.69, 9.17) is 10.9 Å². The molecule has 17 heavy (non-hydrogen) atoms. The second kappa shape index (κ2) is 4.42. The molecule has 0 spiro atoms. The van der Waals surface area contributed by atoms with Crippen LogP contribution in [-0.4, -0.2) is 28.7 Å². The van der Waals surface area contributed by atoms with Gasteiger partial charge in [0.2, 0.25) is 5.91 Å². The van der Waals surface area contributed by atoms with Gasteiger partial charge in [-0.15, -0.1) is 0 Å². The van der Waals surface area contributed by atoms with E-state index in [9.17, 15) is 18.0 Å². The molecule has 5 nitrogen and oxygen atoms in total. The van der Waals surface area contributed by atoms with Crippen LogP contribution in [-0.2, 0) is 4.79 Å². The van der Waals surface area contributed by atoms with E-state index in [1.807, 2.05) is 5.32 Å². The van der Waals surface area contributed by atoms with Crippen molar-refractivity contribution in [3.63, 3.8) is 0 Å². The number of oxime groups is 1. The predicted molar refractivity (Wildman–Crippen MR) is 53.4 cm³/mol. The summed E-state index contributed by atoms with van der Waals surface area (Å²) in [5.74, 6) is -2.29. The smallest absolute Gasteiger partial charge is 0.409 e. The van der Waals surface area contributed by atoms with E-state index in [1.165, 1.54) is 0 Å². The highest BCUT2D eigenvalue weighted by atomic mass is 19.4. The third kappa shape index (κ3) is 2.62. The van der Waals surface area contributed by atoms with Crippen LogP contribution in [0.1, 0.15) is 26.2 Å². The number of alkyl halides is 3. The quantitative estimate of drug-likeness (QED) is 0.302. The first-order chi connectivity index (χ1) is 7.77. The number of hydrogen-bond acceptors (Lipinski definition) is 3. The van der Waals surface area contributed by atoms with Gasteiger partial charge in [-0.05, 0) is 19.3 Å². The zero-order valence-corrected chi connectivity index (χ0v) is 9.21. The third-order valence-corrected chi connectivity index (χ3v) is 2.85. The molecule has 98 valence electrons. The first-order valence-corrected chi connectivity index (χ1v) is 5.13. The van der Waals surface area contributed by atoms with Gasteiger partial charge in [0.25, 0.3) is 0 Å². The van der Waals surface area contributed by atoms with Gasteiger partial charge in [-0.3, -0.25) is 4.79 Å². The minimum absolute atomic E-state index is 0.130. The van der Waals surface area contributed by atoms with Gasteiger partial charge in [-0.1, -0.05) is 12.1 Å². The summed E-state index contributed by atoms with van der Waals surface area (Å²) >= 11 is 0. The fourth-order valence-corrected chi connectivity index (χ4v) is 1.53. The van der Waals surface area contributed by atoms with Crippen LogP contribution in [0.4, 0.5) is 13.2 Å². The average Bonchev–Trinajstić information content (AvgIpc) is 2.98. The van der Waals surface area contributed by atoms with Crippen LogP contribution in [0.25, 0.3) is 0 Å². The SMILES string of the molecule is CCC(C(=O)NC1(C(F)(F)F)CC1)C(N)=NO. The molecule has 0 radical (unpaired) electrons. The van der Waals surface area contributed by atoms with E-state index in [1.54, 1.807) is 6.92 Å². The number of rotatable bonds is 4. The Labute approximate surface area is 95.8 Å². The molecule has 1 amide bonds. The predicted octanol–water partition coefficient (Wildman–Crippen LogP) is 0.970. The number of carbonyl (C=O) groups excluding carboxylic acids is 1. The van der Waals surface area contributed by atoms with Gasteiger partial charge in [-0.25, -0.2) is 0 Å². The van der Waals surface area contributed by atoms with E-state index >= 15 is 0 Å². The van der Waals surface area contributed by atoms with Crippen molar-refractivity contribution in [1.82, 2.24) is 5.32 Å². The standard InChI is InChI=1S/C9H14F3N3O2/c1-2-5(6(13)15-17)7(16)14-8(3-4-8)9(10,11)12/h5,17H,2-4H2,1H3,(H2,13,15)(H,14,16). The van der Waals surface area contributed by atoms with Crippen molar-refractivity contribution >= 4 is 11.7 Å². The number of amides is 1. The van der Waals surface area contributed by atoms with Crippen LogP contribution >= 0.6 is 0 Å². The molecule has 1 unspecified atom stereocenters. The van der Waals surface area contributed by atoms with Gasteiger partial charge in [0.1, 0.15) is 5.54 Å². The van der Waals surface area contributed by atoms with Crippen molar-refractivity contribution in [2.24, 2.45) is 16.8 Å². The normalized spacial score (nSPS) is 20.8. The number of carbonyl (C=O) groups is 1. The number of amidine groups is 1. The van der Waals surface area contributed by atoms with Crippen molar-refractivity contribution < 1.29 is 23.2 Å². The Hall–Kier alpha value is -1.47. The topological polar surface area (TPSA) is 87.7 Å². The number of halogens is 3. The van der Waals surface area contributed by atoms with Crippen molar-refractivity contribution in [3.05, 3.63) is 0 Å². The number of nitrogens with zero attached hydrogens (tertiary/aromatic N) is 1. The van der Waals surface area contributed by atoms with Crippen LogP contribution in [0.5, 0.6) is 0 Å². The number of nitrogens with two attached hydrogens (primary N) is 1. The maximum absolute atomic E-state index is 12.6. The molecular formula is C9H14F3N3O2. The average molecular weight is 253 g/mol. The van der Waals surface area contributed by atoms with Crippen LogP contribution in [0.15, 0.2) is 5.16 Å². The highest BCUT2D eigenvalue weighted by Crippen LogP contribution is 2.49. The lowest BCUT2D eigenvalue weighted by Gasteiger charge is -2.23. The molecule has 1 aliphatic rings. The Balaban J connectivity index is 2.73. The second-order valence-corrected chi connectivity index (χ2v) is 4.05. The van der Waals surface area contributed by atoms with Crippen LogP contribution in [0.2, 0.25) is 0 Å². The number of nitrogens with one attached hydrogen (secondary N) is 1. The van der Waals surface area contributed by atoms with E-state index in [2.05, 4.69) is 5.16 Å². The summed E-state index contributed by atoms with van der Waals surface area (Å²) in [6, 6.07) is 0. The minimum Gasteiger partial charge on any atom is -0.409 e. The molecular weight excluding hydrogens is 239 g/mol. The molecule has 0 aliphatic heterocycles. The number of hydrogen-bond donors (Lipinski definition) is 3. The summed E-state index contributed by atoms with van der Waals surface area (Å²) in [6.45, 7) is 1.56. The Morgan fingerprint density at radius 2 is 2.12 bits per heavy atom. The van der Waals surface area contributed by atoms with Crippen molar-refractivity contribution in [2.45, 2.75) is 37.9 Å². The first kappa shape index (κ1) is 13.6. The summed E-state index contributed by atoms with van der Waals surface area (Å²) in [7, 11) is 0. The highest BCUT2D eigenvalue weighted by molar-refractivity contribution is 6.02. The van der Waals surface area contributed by atoms with Crippen LogP contribution in [0, 0.1) is 5.92 Å². The van der Waals surface area contributed by atoms with Gasteiger partial charge >= 0.3 is 6.18 Å². The summed E-state index contributed by atoms with van der Waals surface area (Å²) < 4.78 is 37.7. The Morgan fingerprint density at radius 1 is 1.59 bits per heavy atom. The van der Waals surface area contributed by atoms with Gasteiger partial charge in [0, 0.05) is 0 Å². The zero-order valence-electron chi connectivity index (χ0n) is 9.21. The van der Waals surface area contributed by atoms with E-state index in [-0.39, 0.29) is 25.1 Å². The first-order valence-electron chi connectivity index (χ1n) is 5.13. The molecule has 1 aliphatic carbocycles. The largest absolute Gasteiger partial charge is 0.411 e. The van der Waals surface area contributed by atoms with Crippen molar-refractivity contribution in [2.75, 3.05) is 0 Å². The second-order valence-electron chi connectivity index (χ2n) is 4.05. The fraction of sp³-hybridized carbons (Fsp3) is 0.778. The minimum atomic E-state index is -4.47. The molecule has 1 fully saturated rings. The Bertz CT molecular complexity index is 337. The zero-order chi connectivity index (χ0) is 13.3. The molecule has 0 aromatic heterocycles. The van der Waals surface area contributed by atoms with Crippen LogP contribution in [0.3, 0.4) is 0 Å². The summed E-state index contributed by atoms with van der Waals surface area (Å²) in [5.41, 5.74) is 3.12. The Morgan fingerprint density at radius 3 is 2.41 bits per heavy atom. The molecule has 0 bridgehead atoms.